The van der Waals surface area contributed by atoms with Gasteiger partial charge in [-0.25, -0.2) is 13.8 Å². The molecular formula is C18H26F2N4O2. The number of ether oxygens (including phenoxy) is 1. The fourth-order valence-corrected chi connectivity index (χ4v) is 3.72. The molecule has 0 amide bonds. The first-order chi connectivity index (χ1) is 12.0. The predicted molar refractivity (Wildman–Crippen MR) is 95.1 cm³/mol. The normalized spacial score (nSPS) is 25.8. The summed E-state index contributed by atoms with van der Waals surface area (Å²) in [6.07, 6.45) is 1.62. The van der Waals surface area contributed by atoms with Crippen molar-refractivity contribution in [2.24, 2.45) is 11.8 Å². The van der Waals surface area contributed by atoms with Gasteiger partial charge in [0.2, 0.25) is 0 Å². The van der Waals surface area contributed by atoms with Crippen molar-refractivity contribution in [1.82, 2.24) is 9.88 Å². The van der Waals surface area contributed by atoms with Gasteiger partial charge < -0.3 is 15.4 Å². The van der Waals surface area contributed by atoms with Crippen LogP contribution in [0.4, 0.5) is 20.3 Å². The Morgan fingerprint density at radius 1 is 1.27 bits per heavy atom. The maximum atomic E-state index is 14.6. The largest absolute Gasteiger partial charge is 0.459 e. The molecule has 26 heavy (non-hydrogen) atoms. The van der Waals surface area contributed by atoms with E-state index in [9.17, 15) is 13.6 Å². The standard InChI is InChI=1S/C18H26F2N4O2/c1-17(2,3)26-16(25)11-23-7-12-9-24(10-13(8-23)18(12,19)20)14-4-5-15(21)22-6-14/h4-6,12-13H,7-11H2,1-3H3,(H2,21,22)/t12-,13+. The van der Waals surface area contributed by atoms with Gasteiger partial charge in [-0.1, -0.05) is 0 Å². The van der Waals surface area contributed by atoms with Crippen molar-refractivity contribution in [3.63, 3.8) is 0 Å². The third-order valence-corrected chi connectivity index (χ3v) is 4.84. The van der Waals surface area contributed by atoms with Crippen LogP contribution in [-0.2, 0) is 9.53 Å². The first kappa shape index (κ1) is 18.8. The zero-order chi connectivity index (χ0) is 19.1. The molecule has 0 aromatic carbocycles. The second-order valence-corrected chi connectivity index (χ2v) is 8.20. The molecule has 0 aliphatic carbocycles. The Balaban J connectivity index is 1.68. The van der Waals surface area contributed by atoms with Crippen LogP contribution < -0.4 is 10.6 Å². The second kappa shape index (κ2) is 6.64. The van der Waals surface area contributed by atoms with Crippen LogP contribution in [0.5, 0.6) is 0 Å². The number of fused-ring (bicyclic) bond motifs is 2. The van der Waals surface area contributed by atoms with Crippen molar-refractivity contribution in [3.05, 3.63) is 18.3 Å². The average molecular weight is 368 g/mol. The Hall–Kier alpha value is -1.96. The van der Waals surface area contributed by atoms with Crippen molar-refractivity contribution < 1.29 is 18.3 Å². The van der Waals surface area contributed by atoms with Gasteiger partial charge in [-0.3, -0.25) is 9.69 Å². The summed E-state index contributed by atoms with van der Waals surface area (Å²) >= 11 is 0. The fraction of sp³-hybridized carbons (Fsp3) is 0.667. The van der Waals surface area contributed by atoms with Gasteiger partial charge >= 0.3 is 5.97 Å². The molecule has 2 fully saturated rings. The van der Waals surface area contributed by atoms with Crippen LogP contribution in [0, 0.1) is 11.8 Å². The number of piperidine rings is 2. The van der Waals surface area contributed by atoms with Gasteiger partial charge in [0.25, 0.3) is 5.92 Å². The lowest BCUT2D eigenvalue weighted by atomic mass is 9.80. The monoisotopic (exact) mass is 368 g/mol. The number of carbonyl (C=O) groups is 1. The topological polar surface area (TPSA) is 71.7 Å². The molecule has 2 bridgehead atoms. The van der Waals surface area contributed by atoms with Crippen molar-refractivity contribution in [1.29, 1.82) is 0 Å². The molecule has 1 aromatic heterocycles. The summed E-state index contributed by atoms with van der Waals surface area (Å²) in [7, 11) is 0. The molecule has 0 unspecified atom stereocenters. The van der Waals surface area contributed by atoms with E-state index < -0.39 is 23.4 Å². The number of aromatic nitrogens is 1. The molecule has 2 aliphatic heterocycles. The average Bonchev–Trinajstić information content (AvgIpc) is 2.47. The molecule has 1 aromatic rings. The molecule has 2 saturated heterocycles. The molecular weight excluding hydrogens is 342 g/mol. The number of hydrogen-bond donors (Lipinski definition) is 1. The predicted octanol–water partition coefficient (Wildman–Crippen LogP) is 2.01. The molecule has 2 atom stereocenters. The number of esters is 1. The summed E-state index contributed by atoms with van der Waals surface area (Å²) in [6.45, 7) is 6.21. The Morgan fingerprint density at radius 2 is 1.88 bits per heavy atom. The molecule has 0 radical (unpaired) electrons. The van der Waals surface area contributed by atoms with E-state index in [-0.39, 0.29) is 38.7 Å². The number of nitrogens with zero attached hydrogens (tertiary/aromatic N) is 3. The van der Waals surface area contributed by atoms with E-state index in [1.807, 2.05) is 4.90 Å². The first-order valence-electron chi connectivity index (χ1n) is 8.83. The summed E-state index contributed by atoms with van der Waals surface area (Å²) in [5.41, 5.74) is 5.82. The van der Waals surface area contributed by atoms with E-state index in [4.69, 9.17) is 10.5 Å². The Kier molecular flexibility index (Phi) is 4.81. The SMILES string of the molecule is CC(C)(C)OC(=O)CN1C[C@@H]2CN(c3ccc(N)nc3)C[C@H](C1)C2(F)F. The minimum Gasteiger partial charge on any atom is -0.459 e. The highest BCUT2D eigenvalue weighted by Crippen LogP contribution is 2.43. The Bertz CT molecular complexity index is 642. The first-order valence-corrected chi connectivity index (χ1v) is 8.83. The van der Waals surface area contributed by atoms with Crippen LogP contribution in [0.2, 0.25) is 0 Å². The minimum atomic E-state index is -2.73. The summed E-state index contributed by atoms with van der Waals surface area (Å²) in [5, 5.41) is 0. The summed E-state index contributed by atoms with van der Waals surface area (Å²) in [5.74, 6) is -4.38. The summed E-state index contributed by atoms with van der Waals surface area (Å²) in [4.78, 5) is 19.8. The zero-order valence-electron chi connectivity index (χ0n) is 15.4. The lowest BCUT2D eigenvalue weighted by Gasteiger charge is -2.50. The number of hydrogen-bond acceptors (Lipinski definition) is 6. The third-order valence-electron chi connectivity index (χ3n) is 4.84. The van der Waals surface area contributed by atoms with Gasteiger partial charge in [-0.05, 0) is 32.9 Å². The van der Waals surface area contributed by atoms with Gasteiger partial charge in [0.1, 0.15) is 11.4 Å². The number of halogens is 2. The second-order valence-electron chi connectivity index (χ2n) is 8.20. The molecule has 3 rings (SSSR count). The maximum Gasteiger partial charge on any atom is 0.320 e. The minimum absolute atomic E-state index is 0.0454. The van der Waals surface area contributed by atoms with Gasteiger partial charge in [-0.15, -0.1) is 0 Å². The highest BCUT2D eigenvalue weighted by molar-refractivity contribution is 5.72. The summed E-state index contributed by atoms with van der Waals surface area (Å²) in [6, 6.07) is 3.48. The molecule has 8 heteroatoms. The number of carbonyl (C=O) groups excluding carboxylic acids is 1. The number of likely N-dealkylation sites (tertiary alicyclic amines) is 1. The number of rotatable bonds is 3. The molecule has 2 aliphatic rings. The molecule has 2 N–H and O–H groups in total. The van der Waals surface area contributed by atoms with Crippen LogP contribution in [0.3, 0.4) is 0 Å². The molecule has 3 heterocycles. The van der Waals surface area contributed by atoms with Crippen LogP contribution in [0.25, 0.3) is 0 Å². The fourth-order valence-electron chi connectivity index (χ4n) is 3.72. The van der Waals surface area contributed by atoms with Crippen molar-refractivity contribution in [3.8, 4) is 0 Å². The smallest absolute Gasteiger partial charge is 0.320 e. The Labute approximate surface area is 152 Å². The van der Waals surface area contributed by atoms with E-state index in [0.29, 0.717) is 5.82 Å². The van der Waals surface area contributed by atoms with Crippen LogP contribution in [0.1, 0.15) is 20.8 Å². The van der Waals surface area contributed by atoms with E-state index in [1.165, 1.54) is 0 Å². The van der Waals surface area contributed by atoms with Gasteiger partial charge in [0.15, 0.2) is 0 Å². The van der Waals surface area contributed by atoms with E-state index in [2.05, 4.69) is 4.98 Å². The maximum absolute atomic E-state index is 14.6. The number of pyridine rings is 1. The van der Waals surface area contributed by atoms with Crippen molar-refractivity contribution in [2.45, 2.75) is 32.3 Å². The highest BCUT2D eigenvalue weighted by atomic mass is 19.3. The van der Waals surface area contributed by atoms with Crippen molar-refractivity contribution in [2.75, 3.05) is 43.4 Å². The lowest BCUT2D eigenvalue weighted by molar-refractivity contribution is -0.171. The van der Waals surface area contributed by atoms with Gasteiger partial charge in [-0.2, -0.15) is 0 Å². The van der Waals surface area contributed by atoms with E-state index in [1.54, 1.807) is 44.0 Å². The summed E-state index contributed by atoms with van der Waals surface area (Å²) < 4.78 is 34.6. The zero-order valence-corrected chi connectivity index (χ0v) is 15.4. The van der Waals surface area contributed by atoms with Gasteiger partial charge in [0, 0.05) is 26.2 Å². The highest BCUT2D eigenvalue weighted by Gasteiger charge is 2.55. The molecule has 0 spiro atoms. The third kappa shape index (κ3) is 4.06. The lowest BCUT2D eigenvalue weighted by Crippen LogP contribution is -2.64. The van der Waals surface area contributed by atoms with Crippen molar-refractivity contribution >= 4 is 17.5 Å². The molecule has 0 saturated carbocycles. The number of nitrogen functional groups attached to an aromatic ring is 1. The number of alkyl halides is 2. The molecule has 6 nitrogen and oxygen atoms in total. The quantitative estimate of drug-likeness (QED) is 0.823. The Morgan fingerprint density at radius 3 is 2.38 bits per heavy atom. The molecule has 144 valence electrons. The van der Waals surface area contributed by atoms with Crippen LogP contribution in [0.15, 0.2) is 18.3 Å². The van der Waals surface area contributed by atoms with Crippen LogP contribution in [-0.4, -0.2) is 60.1 Å². The number of anilines is 2. The number of nitrogens with two attached hydrogens (primary N) is 1. The van der Waals surface area contributed by atoms with Gasteiger partial charge in [0.05, 0.1) is 30.3 Å². The van der Waals surface area contributed by atoms with Crippen LogP contribution >= 0.6 is 0 Å². The van der Waals surface area contributed by atoms with E-state index in [0.717, 1.165) is 5.69 Å². The van der Waals surface area contributed by atoms with E-state index >= 15 is 0 Å².